The van der Waals surface area contributed by atoms with Gasteiger partial charge < -0.3 is 0 Å². The van der Waals surface area contributed by atoms with Crippen LogP contribution in [0.15, 0.2) is 0 Å². The van der Waals surface area contributed by atoms with Crippen LogP contribution in [-0.2, 0) is 14.3 Å². The first-order valence-corrected chi connectivity index (χ1v) is 4.86. The van der Waals surface area contributed by atoms with Crippen molar-refractivity contribution < 1.29 is 31.5 Å². The van der Waals surface area contributed by atoms with E-state index >= 15 is 0 Å². The van der Waals surface area contributed by atoms with Crippen LogP contribution in [0.5, 0.6) is 0 Å². The van der Waals surface area contributed by atoms with Crippen molar-refractivity contribution in [1.29, 1.82) is 0 Å². The maximum atomic E-state index is 10.3. The minimum atomic E-state index is -3.45. The van der Waals surface area contributed by atoms with E-state index in [1.807, 2.05) is 6.92 Å². The van der Waals surface area contributed by atoms with E-state index in [0.29, 0.717) is 0 Å². The zero-order valence-electron chi connectivity index (χ0n) is 7.17. The Morgan fingerprint density at radius 2 is 1.91 bits per heavy atom. The van der Waals surface area contributed by atoms with Crippen molar-refractivity contribution in [2.75, 3.05) is 6.61 Å². The summed E-state index contributed by atoms with van der Waals surface area (Å²) < 4.78 is 24.9. The normalized spacial score (nSPS) is 10.7. The Morgan fingerprint density at radius 3 is 2.27 bits per heavy atom. The maximum absolute atomic E-state index is 10.3. The van der Waals surface area contributed by atoms with Gasteiger partial charge >= 0.3 is 18.9 Å². The molecule has 0 N–H and O–H groups in total. The van der Waals surface area contributed by atoms with Crippen LogP contribution in [0.4, 0.5) is 0 Å². The fraction of sp³-hybridized carbons (Fsp3) is 0.833. The van der Waals surface area contributed by atoms with Crippen LogP contribution < -0.4 is 18.9 Å². The first kappa shape index (κ1) is 14.1. The molecule has 0 aromatic carbocycles. The Kier molecular flexibility index (Phi) is 9.16. The van der Waals surface area contributed by atoms with Gasteiger partial charge in [-0.05, 0) is 6.42 Å². The molecule has 0 saturated heterocycles. The molecule has 0 amide bonds. The smallest absolute Gasteiger partial charge is 0.294 e. The van der Waals surface area contributed by atoms with Crippen LogP contribution in [0, 0.1) is 6.26 Å². The van der Waals surface area contributed by atoms with Crippen LogP contribution in [0.2, 0.25) is 0 Å². The Balaban J connectivity index is 0. The van der Waals surface area contributed by atoms with Crippen LogP contribution >= 0.6 is 0 Å². The van der Waals surface area contributed by atoms with E-state index in [1.165, 1.54) is 0 Å². The third-order valence-electron chi connectivity index (χ3n) is 1.01. The average molecular weight is 172 g/mol. The van der Waals surface area contributed by atoms with Gasteiger partial charge in [0.1, 0.15) is 10.1 Å². The van der Waals surface area contributed by atoms with Crippen LogP contribution in [0.3, 0.4) is 0 Å². The van der Waals surface area contributed by atoms with Gasteiger partial charge in [-0.25, -0.2) is 8.42 Å². The van der Waals surface area contributed by atoms with Gasteiger partial charge in [-0.1, -0.05) is 19.8 Å². The fourth-order valence-electron chi connectivity index (χ4n) is 0.538. The second-order valence-corrected chi connectivity index (χ2v) is 3.44. The van der Waals surface area contributed by atoms with Crippen molar-refractivity contribution in [2.45, 2.75) is 26.2 Å². The predicted molar refractivity (Wildman–Crippen MR) is 39.8 cm³/mol. The Bertz CT molecular complexity index is 165. The van der Waals surface area contributed by atoms with Crippen molar-refractivity contribution in [3.8, 4) is 0 Å². The van der Waals surface area contributed by atoms with Gasteiger partial charge in [0, 0.05) is 0 Å². The van der Waals surface area contributed by atoms with Gasteiger partial charge in [0.15, 0.2) is 0 Å². The van der Waals surface area contributed by atoms with Gasteiger partial charge in [0.05, 0.1) is 6.61 Å². The zero-order valence-corrected chi connectivity index (χ0v) is 7.99. The molecule has 5 heteroatoms. The van der Waals surface area contributed by atoms with Gasteiger partial charge in [-0.3, -0.25) is 4.18 Å². The molecule has 0 heterocycles. The van der Waals surface area contributed by atoms with Crippen LogP contribution in [0.1, 0.15) is 26.2 Å². The molecular weight excluding hydrogens is 159 g/mol. The molecule has 62 valence electrons. The molecular formula is C6H13LiO3S. The molecule has 0 bridgehead atoms. The first-order chi connectivity index (χ1) is 4.56. The maximum Gasteiger partial charge on any atom is 1.00 e. The van der Waals surface area contributed by atoms with Crippen molar-refractivity contribution >= 4 is 10.1 Å². The summed E-state index contributed by atoms with van der Waals surface area (Å²) in [6, 6.07) is 0. The molecule has 0 unspecified atom stereocenters. The number of hydrogen-bond donors (Lipinski definition) is 0. The Labute approximate surface area is 80.8 Å². The minimum Gasteiger partial charge on any atom is -0.294 e. The third-order valence-corrected chi connectivity index (χ3v) is 1.54. The van der Waals surface area contributed by atoms with Gasteiger partial charge in [-0.15, -0.1) is 0 Å². The van der Waals surface area contributed by atoms with E-state index in [1.54, 1.807) is 0 Å². The molecule has 0 fully saturated rings. The van der Waals surface area contributed by atoms with E-state index in [-0.39, 0.29) is 25.5 Å². The number of rotatable bonds is 5. The van der Waals surface area contributed by atoms with E-state index in [9.17, 15) is 8.42 Å². The SMILES string of the molecule is [CH2-]S(=O)(=O)OCCCCC.[Li+]. The first-order valence-electron chi connectivity index (χ1n) is 3.28. The Morgan fingerprint density at radius 1 is 1.36 bits per heavy atom. The molecule has 11 heavy (non-hydrogen) atoms. The molecule has 0 aliphatic rings. The zero-order chi connectivity index (χ0) is 8.04. The van der Waals surface area contributed by atoms with Crippen molar-refractivity contribution in [1.82, 2.24) is 0 Å². The van der Waals surface area contributed by atoms with E-state index in [0.717, 1.165) is 19.3 Å². The number of unbranched alkanes of at least 4 members (excludes halogenated alkanes) is 2. The van der Waals surface area contributed by atoms with Crippen LogP contribution in [0.25, 0.3) is 0 Å². The molecule has 0 saturated carbocycles. The van der Waals surface area contributed by atoms with E-state index in [2.05, 4.69) is 10.4 Å². The van der Waals surface area contributed by atoms with Crippen LogP contribution in [-0.4, -0.2) is 15.0 Å². The molecule has 0 radical (unpaired) electrons. The molecule has 0 atom stereocenters. The summed E-state index contributed by atoms with van der Waals surface area (Å²) in [7, 11) is -3.45. The second kappa shape index (κ2) is 7.17. The molecule has 0 spiro atoms. The van der Waals surface area contributed by atoms with Gasteiger partial charge in [0.2, 0.25) is 0 Å². The summed E-state index contributed by atoms with van der Waals surface area (Å²) in [5, 5.41) is 0. The third kappa shape index (κ3) is 13.5. The summed E-state index contributed by atoms with van der Waals surface area (Å²) in [5.74, 6) is 0. The molecule has 0 aliphatic heterocycles. The molecule has 0 rings (SSSR count). The predicted octanol–water partition coefficient (Wildman–Crippen LogP) is -1.68. The summed E-state index contributed by atoms with van der Waals surface area (Å²) in [5.41, 5.74) is 0. The number of hydrogen-bond acceptors (Lipinski definition) is 3. The quantitative estimate of drug-likeness (QED) is 0.215. The topological polar surface area (TPSA) is 43.4 Å². The molecule has 3 nitrogen and oxygen atoms in total. The van der Waals surface area contributed by atoms with Gasteiger partial charge in [0.25, 0.3) is 0 Å². The van der Waals surface area contributed by atoms with E-state index in [4.69, 9.17) is 0 Å². The second-order valence-electron chi connectivity index (χ2n) is 2.09. The molecule has 0 aromatic heterocycles. The largest absolute Gasteiger partial charge is 1.00 e. The van der Waals surface area contributed by atoms with Gasteiger partial charge in [-0.2, -0.15) is 6.26 Å². The minimum absolute atomic E-state index is 0. The van der Waals surface area contributed by atoms with E-state index < -0.39 is 10.1 Å². The standard InChI is InChI=1S/C6H13O3S.Li/c1-3-4-5-6-9-10(2,7)8;/h2-6H2,1H3;/q-1;+1. The summed E-state index contributed by atoms with van der Waals surface area (Å²) in [4.78, 5) is 0. The van der Waals surface area contributed by atoms with Crippen molar-refractivity contribution in [2.24, 2.45) is 0 Å². The summed E-state index contributed by atoms with van der Waals surface area (Å²) in [6.07, 6.45) is 5.65. The fourth-order valence-corrected chi connectivity index (χ4v) is 0.910. The van der Waals surface area contributed by atoms with Crippen molar-refractivity contribution in [3.05, 3.63) is 6.26 Å². The average Bonchev–Trinajstić information content (AvgIpc) is 1.78. The summed E-state index contributed by atoms with van der Waals surface area (Å²) >= 11 is 0. The molecule has 0 aromatic rings. The molecule has 0 aliphatic carbocycles. The Hall–Kier alpha value is 0.507. The van der Waals surface area contributed by atoms with Crippen molar-refractivity contribution in [3.63, 3.8) is 0 Å². The monoisotopic (exact) mass is 172 g/mol. The summed E-state index contributed by atoms with van der Waals surface area (Å²) in [6.45, 7) is 2.30.